The van der Waals surface area contributed by atoms with Crippen molar-refractivity contribution in [1.82, 2.24) is 19.6 Å². The van der Waals surface area contributed by atoms with E-state index in [0.717, 1.165) is 16.8 Å². The molecule has 37 heavy (non-hydrogen) atoms. The number of esters is 1. The van der Waals surface area contributed by atoms with Gasteiger partial charge in [-0.15, -0.1) is 5.10 Å². The summed E-state index contributed by atoms with van der Waals surface area (Å²) >= 11 is 1.27. The van der Waals surface area contributed by atoms with Gasteiger partial charge in [-0.05, 0) is 31.6 Å². The minimum absolute atomic E-state index is 0.0166. The quantitative estimate of drug-likeness (QED) is 0.377. The van der Waals surface area contributed by atoms with Crippen LogP contribution in [0.2, 0.25) is 0 Å². The largest absolute Gasteiger partial charge is 0.463 e. The van der Waals surface area contributed by atoms with Gasteiger partial charge in [0, 0.05) is 18.6 Å². The monoisotopic (exact) mass is 515 g/mol. The van der Waals surface area contributed by atoms with Crippen molar-refractivity contribution in [1.29, 1.82) is 0 Å². The Morgan fingerprint density at radius 1 is 1.16 bits per heavy atom. The van der Waals surface area contributed by atoms with Crippen LogP contribution in [0.5, 0.6) is 0 Å². The molecule has 5 rings (SSSR count). The zero-order valence-electron chi connectivity index (χ0n) is 20.4. The summed E-state index contributed by atoms with van der Waals surface area (Å²) in [5.74, 6) is -0.484. The second kappa shape index (κ2) is 10.5. The van der Waals surface area contributed by atoms with E-state index in [1.807, 2.05) is 54.6 Å². The molecular formula is C27H25N5O4S. The lowest BCUT2D eigenvalue weighted by Gasteiger charge is -2.24. The number of rotatable bonds is 7. The lowest BCUT2D eigenvalue weighted by atomic mass is 9.96. The molecule has 2 aromatic carbocycles. The molecule has 2 aromatic heterocycles. The highest BCUT2D eigenvalue weighted by atomic mass is 32.1. The van der Waals surface area contributed by atoms with Gasteiger partial charge in [-0.1, -0.05) is 65.1 Å². The van der Waals surface area contributed by atoms with Gasteiger partial charge >= 0.3 is 5.97 Å². The Labute approximate surface area is 216 Å². The summed E-state index contributed by atoms with van der Waals surface area (Å²) in [7, 11) is 0. The minimum Gasteiger partial charge on any atom is -0.463 e. The molecule has 1 aliphatic heterocycles. The average molecular weight is 516 g/mol. The molecule has 0 fully saturated rings. The number of para-hydroxylation sites is 1. The van der Waals surface area contributed by atoms with E-state index in [-0.39, 0.29) is 18.8 Å². The summed E-state index contributed by atoms with van der Waals surface area (Å²) in [6, 6.07) is 16.3. The molecule has 10 heteroatoms. The van der Waals surface area contributed by atoms with Gasteiger partial charge in [0.05, 0.1) is 46.0 Å². The fraction of sp³-hybridized carbons (Fsp3) is 0.222. The first-order chi connectivity index (χ1) is 18.0. The summed E-state index contributed by atoms with van der Waals surface area (Å²) in [4.78, 5) is 31.9. The number of hydrogen-bond acceptors (Lipinski definition) is 8. The fourth-order valence-corrected chi connectivity index (χ4v) is 5.38. The minimum atomic E-state index is -0.648. The molecule has 9 nitrogen and oxygen atoms in total. The Bertz CT molecular complexity index is 1670. The molecule has 0 radical (unpaired) electrons. The van der Waals surface area contributed by atoms with E-state index in [2.05, 4.69) is 15.3 Å². The molecule has 1 aliphatic rings. The highest BCUT2D eigenvalue weighted by Crippen LogP contribution is 2.30. The number of nitrogens with zero attached hydrogens (tertiary/aromatic N) is 5. The van der Waals surface area contributed by atoms with E-state index >= 15 is 0 Å². The van der Waals surface area contributed by atoms with Gasteiger partial charge in [0.1, 0.15) is 0 Å². The van der Waals surface area contributed by atoms with E-state index in [1.54, 1.807) is 35.4 Å². The van der Waals surface area contributed by atoms with Crippen molar-refractivity contribution in [3.05, 3.63) is 109 Å². The molecule has 4 aromatic rings. The van der Waals surface area contributed by atoms with E-state index < -0.39 is 12.0 Å². The Hall–Kier alpha value is -4.15. The number of aromatic nitrogens is 4. The summed E-state index contributed by atoms with van der Waals surface area (Å²) < 4.78 is 9.01. The molecule has 188 valence electrons. The predicted octanol–water partition coefficient (Wildman–Crippen LogP) is 1.91. The fourth-order valence-electron chi connectivity index (χ4n) is 4.35. The number of aliphatic hydroxyl groups excluding tert-OH is 1. The van der Waals surface area contributed by atoms with Crippen LogP contribution in [-0.4, -0.2) is 43.9 Å². The molecule has 0 saturated carbocycles. The first kappa shape index (κ1) is 24.5. The number of ether oxygens (including phenoxy) is 1. The van der Waals surface area contributed by atoms with Crippen LogP contribution in [0.4, 0.5) is 0 Å². The summed E-state index contributed by atoms with van der Waals surface area (Å²) in [6.45, 7) is 3.72. The molecule has 0 spiro atoms. The number of aliphatic hydroxyl groups is 1. The normalized spacial score (nSPS) is 15.4. The van der Waals surface area contributed by atoms with Crippen molar-refractivity contribution in [2.24, 2.45) is 4.99 Å². The van der Waals surface area contributed by atoms with Crippen molar-refractivity contribution < 1.29 is 14.6 Å². The highest BCUT2D eigenvalue weighted by molar-refractivity contribution is 7.07. The van der Waals surface area contributed by atoms with Crippen LogP contribution in [0.25, 0.3) is 11.8 Å². The number of hydrogen-bond donors (Lipinski definition) is 1. The van der Waals surface area contributed by atoms with Crippen molar-refractivity contribution in [2.45, 2.75) is 26.3 Å². The maximum Gasteiger partial charge on any atom is 0.338 e. The van der Waals surface area contributed by atoms with E-state index in [0.29, 0.717) is 32.7 Å². The molecular weight excluding hydrogens is 490 g/mol. The van der Waals surface area contributed by atoms with Crippen LogP contribution in [0.3, 0.4) is 0 Å². The van der Waals surface area contributed by atoms with Crippen molar-refractivity contribution >= 4 is 23.4 Å². The number of carbonyl (C=O) groups excluding carboxylic acids is 1. The summed E-state index contributed by atoms with van der Waals surface area (Å²) in [6.07, 6.45) is 3.97. The second-order valence-electron chi connectivity index (χ2n) is 8.40. The smallest absolute Gasteiger partial charge is 0.338 e. The molecule has 1 atom stereocenters. The maximum absolute atomic E-state index is 13.8. The number of benzene rings is 2. The zero-order valence-corrected chi connectivity index (χ0v) is 21.2. The first-order valence-corrected chi connectivity index (χ1v) is 12.7. The van der Waals surface area contributed by atoms with Crippen LogP contribution in [-0.2, 0) is 16.0 Å². The van der Waals surface area contributed by atoms with Crippen molar-refractivity contribution in [3.63, 3.8) is 0 Å². The molecule has 3 heterocycles. The van der Waals surface area contributed by atoms with Gasteiger partial charge in [-0.3, -0.25) is 9.36 Å². The molecule has 1 unspecified atom stereocenters. The SMILES string of the molecule is CCOC(=O)C1=C(C)N=c2s/c(=C\c3ccccc3-n3cc(CCO)nn3)c(=O)n2C1c1ccccc1. The number of allylic oxidation sites excluding steroid dienone is 1. The lowest BCUT2D eigenvalue weighted by Crippen LogP contribution is -2.39. The van der Waals surface area contributed by atoms with Gasteiger partial charge in [-0.2, -0.15) is 0 Å². The van der Waals surface area contributed by atoms with Gasteiger partial charge < -0.3 is 9.84 Å². The number of thiazole rings is 1. The standard InChI is InChI=1S/C27H25N5O4S/c1-3-36-26(35)23-17(2)28-27-32(24(23)18-9-5-4-6-10-18)25(34)22(37-27)15-19-11-7-8-12-21(19)31-16-20(13-14-33)29-30-31/h4-12,15-16,24,33H,3,13-14H2,1-2H3/b22-15-. The number of carbonyl (C=O) groups is 1. The van der Waals surface area contributed by atoms with Crippen molar-refractivity contribution in [3.8, 4) is 5.69 Å². The van der Waals surface area contributed by atoms with Crippen LogP contribution >= 0.6 is 11.3 Å². The van der Waals surface area contributed by atoms with Crippen LogP contribution in [0.15, 0.2) is 81.9 Å². The van der Waals surface area contributed by atoms with Gasteiger partial charge in [0.2, 0.25) is 0 Å². The molecule has 0 saturated heterocycles. The second-order valence-corrected chi connectivity index (χ2v) is 9.41. The van der Waals surface area contributed by atoms with E-state index in [4.69, 9.17) is 4.74 Å². The van der Waals surface area contributed by atoms with Gasteiger partial charge in [0.25, 0.3) is 5.56 Å². The van der Waals surface area contributed by atoms with Crippen LogP contribution in [0, 0.1) is 0 Å². The third-order valence-electron chi connectivity index (χ3n) is 6.01. The predicted molar refractivity (Wildman–Crippen MR) is 139 cm³/mol. The highest BCUT2D eigenvalue weighted by Gasteiger charge is 2.33. The zero-order chi connectivity index (χ0) is 25.9. The van der Waals surface area contributed by atoms with Crippen molar-refractivity contribution in [2.75, 3.05) is 13.2 Å². The Morgan fingerprint density at radius 3 is 2.68 bits per heavy atom. The Morgan fingerprint density at radius 2 is 1.92 bits per heavy atom. The first-order valence-electron chi connectivity index (χ1n) is 11.9. The summed E-state index contributed by atoms with van der Waals surface area (Å²) in [5, 5.41) is 17.5. The van der Waals surface area contributed by atoms with E-state index in [1.165, 1.54) is 11.3 Å². The van der Waals surface area contributed by atoms with E-state index in [9.17, 15) is 14.7 Å². The molecule has 0 amide bonds. The third-order valence-corrected chi connectivity index (χ3v) is 6.99. The Balaban J connectivity index is 1.67. The van der Waals surface area contributed by atoms with Gasteiger partial charge in [0.15, 0.2) is 4.80 Å². The Kier molecular flexibility index (Phi) is 6.93. The van der Waals surface area contributed by atoms with Crippen LogP contribution in [0.1, 0.15) is 36.7 Å². The topological polar surface area (TPSA) is 112 Å². The molecule has 0 bridgehead atoms. The number of fused-ring (bicyclic) bond motifs is 1. The average Bonchev–Trinajstić information content (AvgIpc) is 3.48. The van der Waals surface area contributed by atoms with Gasteiger partial charge in [-0.25, -0.2) is 14.5 Å². The molecule has 1 N–H and O–H groups in total. The molecule has 0 aliphatic carbocycles. The van der Waals surface area contributed by atoms with Crippen LogP contribution < -0.4 is 14.9 Å². The maximum atomic E-state index is 13.8. The third kappa shape index (κ3) is 4.68. The lowest BCUT2D eigenvalue weighted by molar-refractivity contribution is -0.139. The summed E-state index contributed by atoms with van der Waals surface area (Å²) in [5.41, 5.74) is 3.61.